The third-order valence-corrected chi connectivity index (χ3v) is 10.0. The molecular weight excluding hydrogens is 629 g/mol. The number of carbonyl (C=O) groups is 1. The molecule has 4 bridgehead atoms. The Kier molecular flexibility index (Phi) is 9.37. The Labute approximate surface area is 282 Å². The molecule has 0 saturated carbocycles. The highest BCUT2D eigenvalue weighted by Crippen LogP contribution is 2.39. The Morgan fingerprint density at radius 1 is 0.979 bits per heavy atom. The number of nitrogens with zero attached hydrogens (tertiary/aromatic N) is 5. The maximum absolute atomic E-state index is 14.6. The summed E-state index contributed by atoms with van der Waals surface area (Å²) in [6.45, 7) is 12.1. The van der Waals surface area contributed by atoms with Crippen molar-refractivity contribution in [2.75, 3.05) is 4.72 Å². The van der Waals surface area contributed by atoms with Gasteiger partial charge in [-0.1, -0.05) is 38.1 Å². The minimum atomic E-state index is -4.18. The zero-order valence-electron chi connectivity index (χ0n) is 28.2. The highest BCUT2D eigenvalue weighted by atomic mass is 32.2. The van der Waals surface area contributed by atoms with E-state index in [2.05, 4.69) is 38.5 Å². The summed E-state index contributed by atoms with van der Waals surface area (Å²) in [5, 5.41) is 0. The molecule has 0 aliphatic carbocycles. The molecular formula is C36H42N6O5S. The van der Waals surface area contributed by atoms with E-state index in [-0.39, 0.29) is 46.3 Å². The van der Waals surface area contributed by atoms with Crippen LogP contribution in [-0.2, 0) is 10.0 Å². The average molecular weight is 671 g/mol. The number of fused-ring (bicyclic) bond motifs is 5. The second-order valence-corrected chi connectivity index (χ2v) is 15.0. The molecule has 1 N–H and O–H groups in total. The highest BCUT2D eigenvalue weighted by molar-refractivity contribution is 7.92. The van der Waals surface area contributed by atoms with Crippen LogP contribution >= 0.6 is 0 Å². The van der Waals surface area contributed by atoms with Crippen molar-refractivity contribution in [1.82, 2.24) is 24.8 Å². The summed E-state index contributed by atoms with van der Waals surface area (Å²) in [4.78, 5) is 34.9. The summed E-state index contributed by atoms with van der Waals surface area (Å²) in [7, 11) is -4.18. The van der Waals surface area contributed by atoms with E-state index in [0.29, 0.717) is 36.5 Å². The third-order valence-electron chi connectivity index (χ3n) is 8.68. The van der Waals surface area contributed by atoms with Crippen LogP contribution < -0.4 is 14.2 Å². The van der Waals surface area contributed by atoms with Gasteiger partial charge in [0.2, 0.25) is 11.8 Å². The van der Waals surface area contributed by atoms with Crippen LogP contribution in [0.3, 0.4) is 0 Å². The first-order chi connectivity index (χ1) is 22.9. The number of amides is 1. The third kappa shape index (κ3) is 6.99. The lowest BCUT2D eigenvalue weighted by Crippen LogP contribution is -2.53. The maximum atomic E-state index is 14.6. The Balaban J connectivity index is 1.53. The minimum absolute atomic E-state index is 0.0382. The molecule has 12 heteroatoms. The quantitative estimate of drug-likeness (QED) is 0.238. The van der Waals surface area contributed by atoms with E-state index in [9.17, 15) is 13.2 Å². The Bertz CT molecular complexity index is 1890. The largest absolute Gasteiger partial charge is 0.488 e. The zero-order valence-corrected chi connectivity index (χ0v) is 29.0. The van der Waals surface area contributed by atoms with Crippen LogP contribution in [0.15, 0.2) is 65.8 Å². The van der Waals surface area contributed by atoms with Crippen LogP contribution in [0, 0.1) is 19.8 Å². The Morgan fingerprint density at radius 3 is 2.38 bits per heavy atom. The molecule has 1 saturated heterocycles. The van der Waals surface area contributed by atoms with Gasteiger partial charge in [-0.15, -0.1) is 0 Å². The number of hydrogen-bond acceptors (Lipinski definition) is 9. The molecule has 11 nitrogen and oxygen atoms in total. The predicted octanol–water partition coefficient (Wildman–Crippen LogP) is 6.68. The van der Waals surface area contributed by atoms with Gasteiger partial charge < -0.3 is 14.4 Å². The number of carbonyl (C=O) groups excluding carboxylic acids is 1. The molecule has 3 unspecified atom stereocenters. The summed E-state index contributed by atoms with van der Waals surface area (Å²) in [6, 6.07) is 12.9. The predicted molar refractivity (Wildman–Crippen MR) is 182 cm³/mol. The first-order valence-electron chi connectivity index (χ1n) is 16.5. The molecule has 0 spiro atoms. The van der Waals surface area contributed by atoms with Gasteiger partial charge in [-0.05, 0) is 88.6 Å². The number of benzene rings is 2. The lowest BCUT2D eigenvalue weighted by molar-refractivity contribution is -0.000438. The summed E-state index contributed by atoms with van der Waals surface area (Å²) >= 11 is 0. The van der Waals surface area contributed by atoms with Crippen molar-refractivity contribution in [3.05, 3.63) is 83.4 Å². The van der Waals surface area contributed by atoms with Gasteiger partial charge in [-0.2, -0.15) is 4.98 Å². The fraction of sp³-hybridized carbons (Fsp3) is 0.417. The topological polar surface area (TPSA) is 136 Å². The SMILES string of the molecule is Cc1cccc(C)c1-c1cc2nc(n1)NS(=O)(=O)c1cccc(c1)C(=O)N1C(c3ncc(OC(C)C)cn3)CCCC1C(CC(C)C)O2. The molecule has 48 heavy (non-hydrogen) atoms. The van der Waals surface area contributed by atoms with E-state index in [4.69, 9.17) is 9.47 Å². The molecule has 4 aromatic rings. The molecule has 2 aromatic carbocycles. The van der Waals surface area contributed by atoms with Crippen molar-refractivity contribution in [3.63, 3.8) is 0 Å². The monoisotopic (exact) mass is 670 g/mol. The Morgan fingerprint density at radius 2 is 1.69 bits per heavy atom. The van der Waals surface area contributed by atoms with E-state index < -0.39 is 22.2 Å². The van der Waals surface area contributed by atoms with Crippen LogP contribution in [0.2, 0.25) is 0 Å². The van der Waals surface area contributed by atoms with Gasteiger partial charge >= 0.3 is 0 Å². The fourth-order valence-electron chi connectivity index (χ4n) is 6.68. The van der Waals surface area contributed by atoms with Gasteiger partial charge in [-0.3, -0.25) is 4.79 Å². The van der Waals surface area contributed by atoms with E-state index in [1.807, 2.05) is 45.9 Å². The molecule has 2 aliphatic rings. The normalized spacial score (nSPS) is 20.5. The molecule has 6 rings (SSSR count). The van der Waals surface area contributed by atoms with Gasteiger partial charge in [0.25, 0.3) is 15.9 Å². The van der Waals surface area contributed by atoms with Gasteiger partial charge in [0.1, 0.15) is 6.10 Å². The van der Waals surface area contributed by atoms with E-state index in [1.54, 1.807) is 35.5 Å². The first-order valence-corrected chi connectivity index (χ1v) is 17.9. The number of nitrogens with one attached hydrogen (secondary N) is 1. The van der Waals surface area contributed by atoms with Crippen molar-refractivity contribution in [2.45, 2.75) is 96.4 Å². The van der Waals surface area contributed by atoms with Gasteiger partial charge in [0.15, 0.2) is 11.6 Å². The lowest BCUT2D eigenvalue weighted by atomic mass is 9.87. The number of ether oxygens (including phenoxy) is 2. The number of rotatable bonds is 6. The van der Waals surface area contributed by atoms with Crippen LogP contribution in [0.4, 0.5) is 5.95 Å². The summed E-state index contributed by atoms with van der Waals surface area (Å²) in [5.74, 6) is 1.04. The second kappa shape index (κ2) is 13.5. The standard InChI is InChI=1S/C36H42N6O5S/c1-21(2)16-31-29-14-9-15-30(34-37-19-26(20-38-34)46-22(3)4)42(29)35(43)25-12-8-13-27(17-25)48(44,45)41-36-39-28(18-32(40-36)47-31)33-23(5)10-7-11-24(33)6/h7-8,10-13,17-22,29-31H,9,14-16H2,1-6H3,(H,39,40,41). The zero-order chi connectivity index (χ0) is 34.2. The van der Waals surface area contributed by atoms with Crippen LogP contribution in [0.25, 0.3) is 11.3 Å². The highest BCUT2D eigenvalue weighted by Gasteiger charge is 2.42. The molecule has 1 amide bonds. The summed E-state index contributed by atoms with van der Waals surface area (Å²) < 4.78 is 42.6. The molecule has 2 aliphatic heterocycles. The van der Waals surface area contributed by atoms with E-state index in [1.165, 1.54) is 12.1 Å². The smallest absolute Gasteiger partial charge is 0.264 e. The van der Waals surface area contributed by atoms with Crippen LogP contribution in [0.1, 0.15) is 86.7 Å². The summed E-state index contributed by atoms with van der Waals surface area (Å²) in [6.07, 6.45) is 5.49. The van der Waals surface area contributed by atoms with Gasteiger partial charge in [-0.25, -0.2) is 28.1 Å². The number of aryl methyl sites for hydroxylation is 2. The van der Waals surface area contributed by atoms with Gasteiger partial charge in [0.05, 0.1) is 41.2 Å². The number of hydrogen-bond donors (Lipinski definition) is 1. The molecule has 0 radical (unpaired) electrons. The van der Waals surface area contributed by atoms with Crippen LogP contribution in [0.5, 0.6) is 11.6 Å². The van der Waals surface area contributed by atoms with Crippen molar-refractivity contribution in [1.29, 1.82) is 0 Å². The van der Waals surface area contributed by atoms with Crippen molar-refractivity contribution in [3.8, 4) is 22.9 Å². The number of aromatic nitrogens is 4. The molecule has 1 fully saturated rings. The van der Waals surface area contributed by atoms with Crippen LogP contribution in [-0.4, -0.2) is 57.4 Å². The average Bonchev–Trinajstić information content (AvgIpc) is 3.03. The van der Waals surface area contributed by atoms with Crippen molar-refractivity contribution in [2.24, 2.45) is 5.92 Å². The fourth-order valence-corrected chi connectivity index (χ4v) is 7.67. The maximum Gasteiger partial charge on any atom is 0.264 e. The molecule has 4 heterocycles. The van der Waals surface area contributed by atoms with E-state index in [0.717, 1.165) is 23.1 Å². The molecule has 252 valence electrons. The van der Waals surface area contributed by atoms with Gasteiger partial charge in [0, 0.05) is 17.2 Å². The Hall–Kier alpha value is -4.58. The first kappa shape index (κ1) is 33.3. The summed E-state index contributed by atoms with van der Waals surface area (Å²) in [5.41, 5.74) is 3.60. The number of piperidine rings is 1. The molecule has 3 atom stereocenters. The number of sulfonamides is 1. The minimum Gasteiger partial charge on any atom is -0.488 e. The molecule has 2 aromatic heterocycles. The number of anilines is 1. The van der Waals surface area contributed by atoms with Crippen molar-refractivity contribution < 1.29 is 22.7 Å². The van der Waals surface area contributed by atoms with E-state index >= 15 is 0 Å². The lowest BCUT2D eigenvalue weighted by Gasteiger charge is -2.45. The second-order valence-electron chi connectivity index (χ2n) is 13.3. The van der Waals surface area contributed by atoms with Crippen molar-refractivity contribution >= 4 is 21.9 Å².